The van der Waals surface area contributed by atoms with E-state index in [1.165, 1.54) is 18.2 Å². The first-order valence-corrected chi connectivity index (χ1v) is 12.5. The van der Waals surface area contributed by atoms with E-state index in [-0.39, 0.29) is 28.1 Å². The van der Waals surface area contributed by atoms with E-state index < -0.39 is 15.9 Å². The molecule has 0 radical (unpaired) electrons. The Morgan fingerprint density at radius 1 is 0.970 bits per heavy atom. The number of hydrogen-bond acceptors (Lipinski definition) is 7. The van der Waals surface area contributed by atoms with Crippen molar-refractivity contribution in [1.29, 1.82) is 0 Å². The van der Waals surface area contributed by atoms with Gasteiger partial charge in [-0.3, -0.25) is 14.8 Å². The molecule has 0 bridgehead atoms. The van der Waals surface area contributed by atoms with Crippen LogP contribution < -0.4 is 10.0 Å². The number of nitrogens with one attached hydrogen (secondary N) is 2. The molecule has 1 aromatic heterocycles. The monoisotopic (exact) mass is 480 g/mol. The van der Waals surface area contributed by atoms with Crippen molar-refractivity contribution in [3.63, 3.8) is 0 Å². The summed E-state index contributed by atoms with van der Waals surface area (Å²) >= 11 is 1.54. The van der Waals surface area contributed by atoms with Gasteiger partial charge in [-0.05, 0) is 55.6 Å². The molecule has 0 saturated carbocycles. The number of hydrogen-bond donors (Lipinski definition) is 2. The molecule has 4 aromatic rings. The lowest BCUT2D eigenvalue weighted by atomic mass is 10.2. The summed E-state index contributed by atoms with van der Waals surface area (Å²) in [6.07, 6.45) is 1.94. The fraction of sp³-hybridized carbons (Fsp3) is 0.0870. The van der Waals surface area contributed by atoms with Crippen LogP contribution in [0.3, 0.4) is 0 Å². The van der Waals surface area contributed by atoms with Crippen molar-refractivity contribution in [3.05, 3.63) is 83.9 Å². The van der Waals surface area contributed by atoms with Gasteiger partial charge in [0, 0.05) is 16.1 Å². The lowest BCUT2D eigenvalue weighted by molar-refractivity contribution is 0.102. The van der Waals surface area contributed by atoms with Crippen molar-refractivity contribution in [2.24, 2.45) is 0 Å². The smallest absolute Gasteiger partial charge is 0.322 e. The summed E-state index contributed by atoms with van der Waals surface area (Å²) in [6.45, 7) is 1.87. The molecule has 0 spiro atoms. The molecule has 10 heteroatoms. The van der Waals surface area contributed by atoms with Crippen LogP contribution in [-0.4, -0.2) is 30.8 Å². The topological polar surface area (TPSA) is 114 Å². The zero-order valence-electron chi connectivity index (χ0n) is 17.8. The van der Waals surface area contributed by atoms with Crippen LogP contribution in [-0.2, 0) is 10.0 Å². The second-order valence-corrected chi connectivity index (χ2v) is 9.60. The predicted molar refractivity (Wildman–Crippen MR) is 128 cm³/mol. The fourth-order valence-electron chi connectivity index (χ4n) is 3.03. The lowest BCUT2D eigenvalue weighted by Gasteiger charge is -2.09. The molecule has 1 heterocycles. The highest BCUT2D eigenvalue weighted by Gasteiger charge is 2.17. The Morgan fingerprint density at radius 3 is 2.48 bits per heavy atom. The molecule has 0 saturated heterocycles. The Morgan fingerprint density at radius 2 is 1.73 bits per heavy atom. The Balaban J connectivity index is 1.49. The summed E-state index contributed by atoms with van der Waals surface area (Å²) in [7, 11) is -3.79. The molecule has 0 aliphatic rings. The van der Waals surface area contributed by atoms with Crippen molar-refractivity contribution >= 4 is 39.4 Å². The second-order valence-electron chi connectivity index (χ2n) is 7.07. The van der Waals surface area contributed by atoms with Crippen LogP contribution in [0.2, 0.25) is 0 Å². The number of thioether (sulfide) groups is 1. The maximum Gasteiger partial charge on any atom is 0.322 e. The van der Waals surface area contributed by atoms with E-state index in [0.29, 0.717) is 0 Å². The number of nitrogens with zero attached hydrogens (tertiary/aromatic N) is 2. The lowest BCUT2D eigenvalue weighted by Crippen LogP contribution is -2.15. The van der Waals surface area contributed by atoms with Crippen LogP contribution in [0.1, 0.15) is 15.9 Å². The maximum absolute atomic E-state index is 12.7. The number of carbonyl (C=O) groups is 1. The SMILES string of the molecule is CSc1ccccc1-c1nnc(NC(=O)c2cccc(NS(=O)(=O)c3ccc(C)cc3)c2)o1. The standard InChI is InChI=1S/C23H20N4O4S2/c1-15-10-12-18(13-11-15)33(29,30)27-17-7-5-6-16(14-17)21(28)24-23-26-25-22(31-23)19-8-3-4-9-20(19)32-2/h3-14,27H,1-2H3,(H,24,26,28). The molecule has 0 aliphatic carbocycles. The average Bonchev–Trinajstić information content (AvgIpc) is 3.27. The number of rotatable bonds is 7. The summed E-state index contributed by atoms with van der Waals surface area (Å²) in [5.74, 6) is -0.227. The Labute approximate surface area is 195 Å². The largest absolute Gasteiger partial charge is 0.403 e. The van der Waals surface area contributed by atoms with Gasteiger partial charge in [0.2, 0.25) is 0 Å². The molecule has 0 atom stereocenters. The van der Waals surface area contributed by atoms with Crippen molar-refractivity contribution < 1.29 is 17.6 Å². The van der Waals surface area contributed by atoms with E-state index in [4.69, 9.17) is 4.42 Å². The fourth-order valence-corrected chi connectivity index (χ4v) is 4.67. The van der Waals surface area contributed by atoms with Crippen LogP contribution in [0.4, 0.5) is 11.7 Å². The molecule has 8 nitrogen and oxygen atoms in total. The molecule has 1 amide bonds. The minimum Gasteiger partial charge on any atom is -0.403 e. The van der Waals surface area contributed by atoms with Gasteiger partial charge < -0.3 is 4.42 Å². The van der Waals surface area contributed by atoms with Crippen LogP contribution in [0, 0.1) is 6.92 Å². The molecule has 0 aliphatic heterocycles. The van der Waals surface area contributed by atoms with Gasteiger partial charge in [-0.15, -0.1) is 16.9 Å². The molecular weight excluding hydrogens is 460 g/mol. The summed E-state index contributed by atoms with van der Waals surface area (Å²) < 4.78 is 33.3. The minimum atomic E-state index is -3.79. The van der Waals surface area contributed by atoms with E-state index >= 15 is 0 Å². The van der Waals surface area contributed by atoms with Crippen LogP contribution in [0.25, 0.3) is 11.5 Å². The molecule has 3 aromatic carbocycles. The van der Waals surface area contributed by atoms with E-state index in [0.717, 1.165) is 16.0 Å². The quantitative estimate of drug-likeness (QED) is 0.365. The van der Waals surface area contributed by atoms with Gasteiger partial charge in [-0.1, -0.05) is 41.0 Å². The Bertz CT molecular complexity index is 1400. The second kappa shape index (κ2) is 9.47. The maximum atomic E-state index is 12.7. The molecule has 4 rings (SSSR count). The number of aromatic nitrogens is 2. The van der Waals surface area contributed by atoms with E-state index in [1.54, 1.807) is 42.1 Å². The first-order valence-electron chi connectivity index (χ1n) is 9.83. The summed E-state index contributed by atoms with van der Waals surface area (Å²) in [5, 5.41) is 10.5. The van der Waals surface area contributed by atoms with Crippen LogP contribution in [0.5, 0.6) is 0 Å². The first kappa shape index (κ1) is 22.6. The highest BCUT2D eigenvalue weighted by atomic mass is 32.2. The molecule has 33 heavy (non-hydrogen) atoms. The molecule has 2 N–H and O–H groups in total. The summed E-state index contributed by atoms with van der Waals surface area (Å²) in [6, 6.07) is 20.1. The van der Waals surface area contributed by atoms with Gasteiger partial charge in [-0.25, -0.2) is 8.42 Å². The van der Waals surface area contributed by atoms with Gasteiger partial charge in [0.05, 0.1) is 10.5 Å². The van der Waals surface area contributed by atoms with Crippen molar-refractivity contribution in [2.45, 2.75) is 16.7 Å². The van der Waals surface area contributed by atoms with Crippen LogP contribution >= 0.6 is 11.8 Å². The average molecular weight is 481 g/mol. The number of benzene rings is 3. The highest BCUT2D eigenvalue weighted by Crippen LogP contribution is 2.29. The molecular formula is C23H20N4O4S2. The molecule has 0 fully saturated rings. The number of aryl methyl sites for hydroxylation is 1. The van der Waals surface area contributed by atoms with Crippen molar-refractivity contribution in [2.75, 3.05) is 16.3 Å². The van der Waals surface area contributed by atoms with E-state index in [1.807, 2.05) is 37.4 Å². The summed E-state index contributed by atoms with van der Waals surface area (Å²) in [5.41, 5.74) is 2.20. The van der Waals surface area contributed by atoms with Crippen LogP contribution in [0.15, 0.2) is 87.0 Å². The Kier molecular flexibility index (Phi) is 6.47. The van der Waals surface area contributed by atoms with Gasteiger partial charge >= 0.3 is 6.01 Å². The van der Waals surface area contributed by atoms with Gasteiger partial charge in [-0.2, -0.15) is 0 Å². The van der Waals surface area contributed by atoms with Crippen molar-refractivity contribution in [3.8, 4) is 11.5 Å². The third-order valence-corrected chi connectivity index (χ3v) is 6.88. The highest BCUT2D eigenvalue weighted by molar-refractivity contribution is 7.98. The van der Waals surface area contributed by atoms with Gasteiger partial charge in [0.1, 0.15) is 0 Å². The van der Waals surface area contributed by atoms with Crippen molar-refractivity contribution in [1.82, 2.24) is 10.2 Å². The zero-order valence-corrected chi connectivity index (χ0v) is 19.4. The third kappa shape index (κ3) is 5.24. The predicted octanol–water partition coefficient (Wildman–Crippen LogP) is 4.82. The summed E-state index contributed by atoms with van der Waals surface area (Å²) in [4.78, 5) is 13.8. The Hall–Kier alpha value is -3.63. The van der Waals surface area contributed by atoms with E-state index in [2.05, 4.69) is 20.2 Å². The first-order chi connectivity index (χ1) is 15.9. The van der Waals surface area contributed by atoms with E-state index in [9.17, 15) is 13.2 Å². The number of sulfonamides is 1. The number of amides is 1. The molecule has 168 valence electrons. The zero-order chi connectivity index (χ0) is 23.4. The normalized spacial score (nSPS) is 11.2. The number of carbonyl (C=O) groups excluding carboxylic acids is 1. The third-order valence-electron chi connectivity index (χ3n) is 4.69. The molecule has 0 unspecified atom stereocenters. The van der Waals surface area contributed by atoms with Gasteiger partial charge in [0.15, 0.2) is 0 Å². The minimum absolute atomic E-state index is 0.0588. The number of anilines is 2. The van der Waals surface area contributed by atoms with Gasteiger partial charge in [0.25, 0.3) is 21.8 Å².